The van der Waals surface area contributed by atoms with Crippen molar-refractivity contribution in [1.29, 1.82) is 0 Å². The van der Waals surface area contributed by atoms with Gasteiger partial charge in [-0.3, -0.25) is 9.59 Å². The zero-order valence-corrected chi connectivity index (χ0v) is 20.2. The summed E-state index contributed by atoms with van der Waals surface area (Å²) in [4.78, 5) is 30.9. The van der Waals surface area contributed by atoms with Crippen molar-refractivity contribution in [3.63, 3.8) is 0 Å². The second kappa shape index (κ2) is 10.5. The first-order valence-corrected chi connectivity index (χ1v) is 12.3. The number of carbonyl (C=O) groups is 2. The van der Waals surface area contributed by atoms with E-state index in [-0.39, 0.29) is 37.1 Å². The number of methoxy groups -OCH3 is 1. The van der Waals surface area contributed by atoms with Crippen molar-refractivity contribution in [2.45, 2.75) is 31.4 Å². The number of rotatable bonds is 7. The lowest BCUT2D eigenvalue weighted by atomic mass is 9.93. The van der Waals surface area contributed by atoms with Crippen molar-refractivity contribution >= 4 is 46.4 Å². The van der Waals surface area contributed by atoms with Crippen LogP contribution >= 0.6 is 34.5 Å². The summed E-state index contributed by atoms with van der Waals surface area (Å²) in [7, 11) is 1.48. The summed E-state index contributed by atoms with van der Waals surface area (Å²) in [5.74, 6) is -0.342. The minimum Gasteiger partial charge on any atom is -0.376 e. The van der Waals surface area contributed by atoms with E-state index in [0.717, 1.165) is 30.4 Å². The summed E-state index contributed by atoms with van der Waals surface area (Å²) in [6.07, 6.45) is 2.58. The molecule has 2 amide bonds. The standard InChI is InChI=1S/C23H26Cl2N2O4S/c1-30-14-22(29)26(12-16-3-2-9-31-16)13-21(28)27-8-6-20-18(7-10-32-20)23(27)17-5-4-15(24)11-19(17)25/h4-5,7,10-11,16,23H,2-3,6,8-9,12-14H2,1H3. The molecule has 0 radical (unpaired) electrons. The fourth-order valence-corrected chi connectivity index (χ4v) is 5.82. The second-order valence-corrected chi connectivity index (χ2v) is 9.89. The minimum atomic E-state index is -0.315. The Hall–Kier alpha value is -1.64. The zero-order valence-electron chi connectivity index (χ0n) is 17.9. The Bertz CT molecular complexity index is 977. The van der Waals surface area contributed by atoms with Gasteiger partial charge in [0.05, 0.1) is 18.7 Å². The Morgan fingerprint density at radius 2 is 2.12 bits per heavy atom. The molecule has 2 aromatic rings. The Balaban J connectivity index is 1.60. The highest BCUT2D eigenvalue weighted by atomic mass is 35.5. The van der Waals surface area contributed by atoms with Crippen molar-refractivity contribution in [3.8, 4) is 0 Å². The second-order valence-electron chi connectivity index (χ2n) is 8.05. The van der Waals surface area contributed by atoms with E-state index in [9.17, 15) is 9.59 Å². The van der Waals surface area contributed by atoms with Crippen LogP contribution in [0, 0.1) is 0 Å². The average Bonchev–Trinajstić information content (AvgIpc) is 3.45. The number of hydrogen-bond acceptors (Lipinski definition) is 5. The number of amides is 2. The molecule has 32 heavy (non-hydrogen) atoms. The number of halogens is 2. The first-order chi connectivity index (χ1) is 15.5. The van der Waals surface area contributed by atoms with Gasteiger partial charge in [0.15, 0.2) is 0 Å². The van der Waals surface area contributed by atoms with E-state index in [1.807, 2.05) is 16.3 Å². The molecular formula is C23H26Cl2N2O4S. The molecule has 1 aromatic heterocycles. The SMILES string of the molecule is COCC(=O)N(CC(=O)N1CCc2sccc2C1c1ccc(Cl)cc1Cl)CC1CCCO1. The molecule has 172 valence electrons. The van der Waals surface area contributed by atoms with Gasteiger partial charge < -0.3 is 19.3 Å². The maximum absolute atomic E-state index is 13.6. The molecule has 1 fully saturated rings. The van der Waals surface area contributed by atoms with Gasteiger partial charge in [-0.2, -0.15) is 0 Å². The quantitative estimate of drug-likeness (QED) is 0.576. The van der Waals surface area contributed by atoms with Crippen LogP contribution in [0.25, 0.3) is 0 Å². The minimum absolute atomic E-state index is 0.0246. The lowest BCUT2D eigenvalue weighted by molar-refractivity contribution is -0.145. The van der Waals surface area contributed by atoms with Crippen LogP contribution in [-0.2, 0) is 25.5 Å². The fraction of sp³-hybridized carbons (Fsp3) is 0.478. The zero-order chi connectivity index (χ0) is 22.7. The predicted octanol–water partition coefficient (Wildman–Crippen LogP) is 4.18. The van der Waals surface area contributed by atoms with E-state index in [0.29, 0.717) is 29.7 Å². The largest absolute Gasteiger partial charge is 0.376 e. The van der Waals surface area contributed by atoms with Gasteiger partial charge in [0.2, 0.25) is 11.8 Å². The van der Waals surface area contributed by atoms with E-state index in [4.69, 9.17) is 32.7 Å². The van der Waals surface area contributed by atoms with Crippen LogP contribution in [0.15, 0.2) is 29.6 Å². The lowest BCUT2D eigenvalue weighted by Gasteiger charge is -2.38. The van der Waals surface area contributed by atoms with E-state index in [1.165, 1.54) is 12.0 Å². The summed E-state index contributed by atoms with van der Waals surface area (Å²) in [5.41, 5.74) is 1.91. The lowest BCUT2D eigenvalue weighted by Crippen LogP contribution is -2.49. The van der Waals surface area contributed by atoms with Crippen molar-refractivity contribution in [2.24, 2.45) is 0 Å². The summed E-state index contributed by atoms with van der Waals surface area (Å²) >= 11 is 14.4. The molecule has 3 heterocycles. The van der Waals surface area contributed by atoms with E-state index < -0.39 is 0 Å². The maximum atomic E-state index is 13.6. The van der Waals surface area contributed by atoms with E-state index in [2.05, 4.69) is 6.07 Å². The molecule has 0 aliphatic carbocycles. The van der Waals surface area contributed by atoms with E-state index in [1.54, 1.807) is 28.4 Å². The van der Waals surface area contributed by atoms with Gasteiger partial charge in [0, 0.05) is 41.7 Å². The highest BCUT2D eigenvalue weighted by Gasteiger charge is 2.35. The van der Waals surface area contributed by atoms with Crippen molar-refractivity contribution in [3.05, 3.63) is 55.7 Å². The monoisotopic (exact) mass is 496 g/mol. The average molecular weight is 497 g/mol. The van der Waals surface area contributed by atoms with Gasteiger partial charge in [0.25, 0.3) is 0 Å². The van der Waals surface area contributed by atoms with Crippen LogP contribution in [0.1, 0.15) is 34.9 Å². The maximum Gasteiger partial charge on any atom is 0.249 e. The predicted molar refractivity (Wildman–Crippen MR) is 125 cm³/mol. The number of carbonyl (C=O) groups excluding carboxylic acids is 2. The molecule has 0 spiro atoms. The molecular weight excluding hydrogens is 471 g/mol. The van der Waals surface area contributed by atoms with Crippen molar-refractivity contribution in [1.82, 2.24) is 9.80 Å². The first kappa shape index (κ1) is 23.5. The molecule has 0 saturated carbocycles. The van der Waals surface area contributed by atoms with Crippen LogP contribution in [0.4, 0.5) is 0 Å². The third-order valence-electron chi connectivity index (χ3n) is 5.94. The Kier molecular flexibility index (Phi) is 7.74. The smallest absolute Gasteiger partial charge is 0.249 e. The van der Waals surface area contributed by atoms with Gasteiger partial charge in [-0.1, -0.05) is 29.3 Å². The van der Waals surface area contributed by atoms with Gasteiger partial charge >= 0.3 is 0 Å². The van der Waals surface area contributed by atoms with Crippen LogP contribution in [0.3, 0.4) is 0 Å². The number of benzene rings is 1. The Morgan fingerprint density at radius 1 is 1.28 bits per heavy atom. The Morgan fingerprint density at radius 3 is 2.84 bits per heavy atom. The number of fused-ring (bicyclic) bond motifs is 1. The number of thiophene rings is 1. The fourth-order valence-electron chi connectivity index (χ4n) is 4.40. The third-order valence-corrected chi connectivity index (χ3v) is 7.50. The van der Waals surface area contributed by atoms with Crippen LogP contribution < -0.4 is 0 Å². The molecule has 2 atom stereocenters. The molecule has 9 heteroatoms. The van der Waals surface area contributed by atoms with Gasteiger partial charge in [-0.05, 0) is 54.0 Å². The van der Waals surface area contributed by atoms with Crippen LogP contribution in [-0.4, -0.2) is 67.7 Å². The van der Waals surface area contributed by atoms with Gasteiger partial charge in [0.1, 0.15) is 6.61 Å². The highest BCUT2D eigenvalue weighted by molar-refractivity contribution is 7.10. The first-order valence-electron chi connectivity index (χ1n) is 10.7. The van der Waals surface area contributed by atoms with Gasteiger partial charge in [-0.25, -0.2) is 0 Å². The van der Waals surface area contributed by atoms with Gasteiger partial charge in [-0.15, -0.1) is 11.3 Å². The summed E-state index contributed by atoms with van der Waals surface area (Å²) in [6.45, 7) is 1.54. The molecule has 1 aromatic carbocycles. The molecule has 2 unspecified atom stereocenters. The molecule has 2 aliphatic heterocycles. The normalized spacial score (nSPS) is 20.3. The molecule has 1 saturated heterocycles. The third kappa shape index (κ3) is 5.13. The van der Waals surface area contributed by atoms with E-state index >= 15 is 0 Å². The van der Waals surface area contributed by atoms with Crippen molar-refractivity contribution < 1.29 is 19.1 Å². The molecule has 0 N–H and O–H groups in total. The molecule has 6 nitrogen and oxygen atoms in total. The molecule has 2 aliphatic rings. The topological polar surface area (TPSA) is 59.1 Å². The molecule has 0 bridgehead atoms. The number of ether oxygens (including phenoxy) is 2. The number of hydrogen-bond donors (Lipinski definition) is 0. The summed E-state index contributed by atoms with van der Waals surface area (Å²) in [5, 5.41) is 3.11. The molecule has 4 rings (SSSR count). The highest BCUT2D eigenvalue weighted by Crippen LogP contribution is 2.41. The summed E-state index contributed by atoms with van der Waals surface area (Å²) < 4.78 is 10.7. The number of nitrogens with zero attached hydrogens (tertiary/aromatic N) is 2. The van der Waals surface area contributed by atoms with Crippen LogP contribution in [0.2, 0.25) is 10.0 Å². The van der Waals surface area contributed by atoms with Crippen LogP contribution in [0.5, 0.6) is 0 Å². The van der Waals surface area contributed by atoms with Crippen molar-refractivity contribution in [2.75, 3.05) is 40.0 Å². The summed E-state index contributed by atoms with van der Waals surface area (Å²) in [6, 6.07) is 7.10. The Labute approximate surface area is 202 Å².